The van der Waals surface area contributed by atoms with Gasteiger partial charge in [0.2, 0.25) is 0 Å². The van der Waals surface area contributed by atoms with E-state index in [-0.39, 0.29) is 12.5 Å². The average molecular weight is 266 g/mol. The van der Waals surface area contributed by atoms with E-state index in [1.807, 2.05) is 31.2 Å². The number of nitrogens with zero attached hydrogens (tertiary/aromatic N) is 1. The van der Waals surface area contributed by atoms with Crippen LogP contribution in [0.25, 0.3) is 0 Å². The molecule has 2 amide bonds. The quantitative estimate of drug-likeness (QED) is 0.452. The Bertz CT molecular complexity index is 392. The largest absolute Gasteiger partial charge is 0.494 e. The van der Waals surface area contributed by atoms with E-state index in [2.05, 4.69) is 6.92 Å². The molecule has 5 heteroatoms. The van der Waals surface area contributed by atoms with E-state index in [4.69, 9.17) is 10.5 Å². The number of primary amides is 1. The van der Waals surface area contributed by atoms with E-state index in [1.165, 1.54) is 0 Å². The second-order valence-electron chi connectivity index (χ2n) is 4.59. The maximum atomic E-state index is 10.7. The van der Waals surface area contributed by atoms with Crippen molar-refractivity contribution in [2.75, 3.05) is 13.2 Å². The zero-order chi connectivity index (χ0) is 14.3. The molecule has 3 N–H and O–H groups in total. The van der Waals surface area contributed by atoms with Crippen LogP contribution in [0.15, 0.2) is 24.3 Å². The van der Waals surface area contributed by atoms with Crippen LogP contribution in [0.5, 0.6) is 5.75 Å². The number of ether oxygens (including phenoxy) is 1. The van der Waals surface area contributed by atoms with E-state index in [1.54, 1.807) is 0 Å². The van der Waals surface area contributed by atoms with Crippen LogP contribution in [0.3, 0.4) is 0 Å². The molecule has 0 radical (unpaired) electrons. The van der Waals surface area contributed by atoms with Crippen molar-refractivity contribution in [3.8, 4) is 5.75 Å². The summed E-state index contributed by atoms with van der Waals surface area (Å²) in [6.45, 7) is 4.93. The van der Waals surface area contributed by atoms with Gasteiger partial charge < -0.3 is 10.5 Å². The Morgan fingerprint density at radius 1 is 1.42 bits per heavy atom. The maximum absolute atomic E-state index is 10.7. The summed E-state index contributed by atoms with van der Waals surface area (Å²) >= 11 is 0. The second kappa shape index (κ2) is 7.63. The molecule has 1 aromatic carbocycles. The van der Waals surface area contributed by atoms with Gasteiger partial charge in [0.15, 0.2) is 0 Å². The zero-order valence-corrected chi connectivity index (χ0v) is 11.5. The van der Waals surface area contributed by atoms with Crippen molar-refractivity contribution in [1.29, 1.82) is 0 Å². The Hall–Kier alpha value is -1.75. The van der Waals surface area contributed by atoms with Gasteiger partial charge >= 0.3 is 6.03 Å². The molecule has 0 fully saturated rings. The van der Waals surface area contributed by atoms with Gasteiger partial charge in [-0.2, -0.15) is 0 Å². The van der Waals surface area contributed by atoms with Crippen LogP contribution < -0.4 is 10.5 Å². The maximum Gasteiger partial charge on any atom is 0.338 e. The number of benzene rings is 1. The minimum absolute atomic E-state index is 0.00203. The fraction of sp³-hybridized carbons (Fsp3) is 0.500. The van der Waals surface area contributed by atoms with Crippen molar-refractivity contribution in [1.82, 2.24) is 5.06 Å². The lowest BCUT2D eigenvalue weighted by molar-refractivity contribution is -0.0427. The van der Waals surface area contributed by atoms with Gasteiger partial charge in [0.1, 0.15) is 5.75 Å². The van der Waals surface area contributed by atoms with Crippen LogP contribution in [-0.4, -0.2) is 29.5 Å². The highest BCUT2D eigenvalue weighted by Crippen LogP contribution is 2.20. The number of hydroxylamine groups is 2. The number of nitrogens with two attached hydrogens (primary N) is 1. The van der Waals surface area contributed by atoms with Gasteiger partial charge in [-0.15, -0.1) is 0 Å². The van der Waals surface area contributed by atoms with E-state index in [0.29, 0.717) is 5.06 Å². The third-order valence-electron chi connectivity index (χ3n) is 2.92. The van der Waals surface area contributed by atoms with Gasteiger partial charge in [-0.25, -0.2) is 9.86 Å². The fourth-order valence-corrected chi connectivity index (χ4v) is 1.68. The average Bonchev–Trinajstić information content (AvgIpc) is 2.39. The van der Waals surface area contributed by atoms with E-state index >= 15 is 0 Å². The first-order valence-corrected chi connectivity index (χ1v) is 6.53. The Morgan fingerprint density at radius 3 is 2.58 bits per heavy atom. The minimum Gasteiger partial charge on any atom is -0.494 e. The molecule has 1 rings (SSSR count). The number of urea groups is 1. The van der Waals surface area contributed by atoms with Crippen molar-refractivity contribution >= 4 is 6.03 Å². The highest BCUT2D eigenvalue weighted by atomic mass is 16.5. The SMILES string of the molecule is CCCCOc1ccc(C(C)CN(O)C(N)=O)cc1. The first kappa shape index (κ1) is 15.3. The van der Waals surface area contributed by atoms with Crippen molar-refractivity contribution < 1.29 is 14.7 Å². The molecule has 0 aromatic heterocycles. The molecule has 0 aliphatic carbocycles. The highest BCUT2D eigenvalue weighted by Gasteiger charge is 2.13. The summed E-state index contributed by atoms with van der Waals surface area (Å²) in [6, 6.07) is 6.81. The first-order valence-electron chi connectivity index (χ1n) is 6.53. The smallest absolute Gasteiger partial charge is 0.338 e. The molecule has 0 bridgehead atoms. The molecule has 0 saturated carbocycles. The number of rotatable bonds is 7. The van der Waals surface area contributed by atoms with Crippen LogP contribution in [0, 0.1) is 0 Å². The molecule has 106 valence electrons. The number of amides is 2. The lowest BCUT2D eigenvalue weighted by Crippen LogP contribution is -2.35. The summed E-state index contributed by atoms with van der Waals surface area (Å²) in [5, 5.41) is 9.81. The minimum atomic E-state index is -0.841. The Labute approximate surface area is 113 Å². The molecule has 5 nitrogen and oxygen atoms in total. The second-order valence-corrected chi connectivity index (χ2v) is 4.59. The van der Waals surface area contributed by atoms with Crippen molar-refractivity contribution in [2.24, 2.45) is 5.73 Å². The molecule has 0 aliphatic rings. The molecular formula is C14H22N2O3. The van der Waals surface area contributed by atoms with Crippen LogP contribution >= 0.6 is 0 Å². The standard InChI is InChI=1S/C14H22N2O3/c1-3-4-9-19-13-7-5-12(6-8-13)11(2)10-16(18)14(15)17/h5-8,11,18H,3-4,9-10H2,1-2H3,(H2,15,17). The molecule has 0 spiro atoms. The van der Waals surface area contributed by atoms with Gasteiger partial charge in [0.05, 0.1) is 13.2 Å². The monoisotopic (exact) mass is 266 g/mol. The van der Waals surface area contributed by atoms with Crippen molar-refractivity contribution in [3.05, 3.63) is 29.8 Å². The number of carbonyl (C=O) groups excluding carboxylic acids is 1. The topological polar surface area (TPSA) is 75.8 Å². The number of carbonyl (C=O) groups is 1. The molecule has 1 unspecified atom stereocenters. The molecule has 0 aliphatic heterocycles. The van der Waals surface area contributed by atoms with Gasteiger partial charge in [-0.05, 0) is 24.1 Å². The van der Waals surface area contributed by atoms with Crippen LogP contribution in [0.4, 0.5) is 4.79 Å². The third kappa shape index (κ3) is 5.18. The normalized spacial score (nSPS) is 11.9. The molecule has 19 heavy (non-hydrogen) atoms. The summed E-state index contributed by atoms with van der Waals surface area (Å²) in [5.74, 6) is 0.836. The highest BCUT2D eigenvalue weighted by molar-refractivity contribution is 5.70. The van der Waals surface area contributed by atoms with Gasteiger partial charge in [-0.1, -0.05) is 32.4 Å². The molecule has 1 atom stereocenters. The lowest BCUT2D eigenvalue weighted by Gasteiger charge is -2.18. The first-order chi connectivity index (χ1) is 9.04. The third-order valence-corrected chi connectivity index (χ3v) is 2.92. The Balaban J connectivity index is 2.52. The number of hydrogen-bond acceptors (Lipinski definition) is 3. The predicted octanol–water partition coefficient (Wildman–Crippen LogP) is 2.74. The van der Waals surface area contributed by atoms with Crippen molar-refractivity contribution in [3.63, 3.8) is 0 Å². The Kier molecular flexibility index (Phi) is 6.15. The van der Waals surface area contributed by atoms with Gasteiger partial charge in [0, 0.05) is 5.92 Å². The van der Waals surface area contributed by atoms with E-state index < -0.39 is 6.03 Å². The zero-order valence-electron chi connectivity index (χ0n) is 11.5. The molecule has 1 aromatic rings. The summed E-state index contributed by atoms with van der Waals surface area (Å²) in [7, 11) is 0. The van der Waals surface area contributed by atoms with Crippen LogP contribution in [0.2, 0.25) is 0 Å². The summed E-state index contributed by atoms with van der Waals surface area (Å²) in [5.41, 5.74) is 5.99. The fourth-order valence-electron chi connectivity index (χ4n) is 1.68. The predicted molar refractivity (Wildman–Crippen MR) is 73.3 cm³/mol. The van der Waals surface area contributed by atoms with Crippen LogP contribution in [-0.2, 0) is 0 Å². The lowest BCUT2D eigenvalue weighted by atomic mass is 10.0. The summed E-state index contributed by atoms with van der Waals surface area (Å²) in [6.07, 6.45) is 2.14. The van der Waals surface area contributed by atoms with E-state index in [9.17, 15) is 10.0 Å². The summed E-state index contributed by atoms with van der Waals surface area (Å²) in [4.78, 5) is 10.7. The molecular weight excluding hydrogens is 244 g/mol. The van der Waals surface area contributed by atoms with Gasteiger partial charge in [-0.3, -0.25) is 5.21 Å². The van der Waals surface area contributed by atoms with Crippen molar-refractivity contribution in [2.45, 2.75) is 32.6 Å². The Morgan fingerprint density at radius 2 is 2.05 bits per heavy atom. The van der Waals surface area contributed by atoms with Gasteiger partial charge in [0.25, 0.3) is 0 Å². The number of hydrogen-bond donors (Lipinski definition) is 2. The number of unbranched alkanes of at least 4 members (excludes halogenated alkanes) is 1. The van der Waals surface area contributed by atoms with E-state index in [0.717, 1.165) is 30.8 Å². The molecule has 0 saturated heterocycles. The van der Waals surface area contributed by atoms with Crippen LogP contribution in [0.1, 0.15) is 38.2 Å². The summed E-state index contributed by atoms with van der Waals surface area (Å²) < 4.78 is 5.57. The molecule has 0 heterocycles.